The van der Waals surface area contributed by atoms with E-state index in [1.165, 1.54) is 7.11 Å². The van der Waals surface area contributed by atoms with E-state index < -0.39 is 18.4 Å². The highest BCUT2D eigenvalue weighted by atomic mass is 16.5. The number of aromatic nitrogens is 3. The van der Waals surface area contributed by atoms with E-state index in [0.717, 1.165) is 0 Å². The average molecular weight is 350 g/mol. The molecule has 0 saturated carbocycles. The number of nitrogens with one attached hydrogen (secondary N) is 1. The van der Waals surface area contributed by atoms with E-state index in [1.54, 1.807) is 30.7 Å². The fourth-order valence-electron chi connectivity index (χ4n) is 2.77. The van der Waals surface area contributed by atoms with Crippen LogP contribution in [-0.2, 0) is 9.53 Å². The zero-order chi connectivity index (χ0) is 18.1. The number of amides is 1. The third-order valence-corrected chi connectivity index (χ3v) is 4.13. The Kier molecular flexibility index (Phi) is 4.89. The molecule has 2 aromatic heterocycles. The van der Waals surface area contributed by atoms with Crippen LogP contribution in [0.2, 0.25) is 0 Å². The molecule has 0 aromatic carbocycles. The number of ether oxygens (including phenoxy) is 2. The third kappa shape index (κ3) is 3.30. The number of fused-ring (bicyclic) bond motifs is 1. The van der Waals surface area contributed by atoms with Gasteiger partial charge in [-0.25, -0.2) is 0 Å². The maximum absolute atomic E-state index is 11.9. The van der Waals surface area contributed by atoms with Crippen LogP contribution in [0.3, 0.4) is 0 Å². The summed E-state index contributed by atoms with van der Waals surface area (Å²) in [6, 6.07) is 1.75. The Morgan fingerprint density at radius 1 is 1.52 bits per heavy atom. The van der Waals surface area contributed by atoms with E-state index in [1.807, 2.05) is 0 Å². The molecule has 1 amide bonds. The van der Waals surface area contributed by atoms with Gasteiger partial charge in [0.15, 0.2) is 11.9 Å². The van der Waals surface area contributed by atoms with Gasteiger partial charge in [-0.1, -0.05) is 13.8 Å². The Hall–Kier alpha value is -2.23. The molecule has 1 saturated heterocycles. The van der Waals surface area contributed by atoms with Crippen LogP contribution in [0.5, 0.6) is 5.88 Å². The second kappa shape index (κ2) is 6.95. The van der Waals surface area contributed by atoms with Gasteiger partial charge in [0.25, 0.3) is 0 Å². The van der Waals surface area contributed by atoms with Gasteiger partial charge < -0.3 is 24.3 Å². The molecule has 136 valence electrons. The predicted molar refractivity (Wildman–Crippen MR) is 89.2 cm³/mol. The van der Waals surface area contributed by atoms with E-state index in [4.69, 9.17) is 9.47 Å². The molecule has 3 heterocycles. The van der Waals surface area contributed by atoms with Crippen LogP contribution in [0.1, 0.15) is 26.5 Å². The van der Waals surface area contributed by atoms with Crippen molar-refractivity contribution >= 4 is 22.9 Å². The van der Waals surface area contributed by atoms with Crippen LogP contribution in [0.25, 0.3) is 11.0 Å². The highest BCUT2D eigenvalue weighted by Gasteiger charge is 2.35. The largest absolute Gasteiger partial charge is 0.480 e. The van der Waals surface area contributed by atoms with Crippen LogP contribution in [0.15, 0.2) is 12.3 Å². The topological polar surface area (TPSA) is 119 Å². The number of carbonyl (C=O) groups is 1. The Labute approximate surface area is 144 Å². The normalized spacial score (nSPS) is 23.4. The van der Waals surface area contributed by atoms with Crippen molar-refractivity contribution in [3.63, 3.8) is 0 Å². The number of carbonyl (C=O) groups excluding carboxylic acids is 1. The molecule has 25 heavy (non-hydrogen) atoms. The summed E-state index contributed by atoms with van der Waals surface area (Å²) in [6.45, 7) is 3.37. The fraction of sp³-hybridized carbons (Fsp3) is 0.562. The van der Waals surface area contributed by atoms with Crippen molar-refractivity contribution in [1.82, 2.24) is 14.5 Å². The van der Waals surface area contributed by atoms with Crippen LogP contribution >= 0.6 is 0 Å². The van der Waals surface area contributed by atoms with Crippen LogP contribution in [-0.4, -0.2) is 56.6 Å². The van der Waals surface area contributed by atoms with Gasteiger partial charge in [-0.3, -0.25) is 10.1 Å². The molecule has 2 aromatic rings. The standard InChI is InChI=1S/C16H22N4O5/c1-8(2)13(23)18-16-17-12-10(14(19-16)24-3)4-5-20(12)15-11(22)6-9(7-21)25-15/h4-5,8-9,11,15,21-22H,6-7H2,1-3H3,(H,17,18,19,23)/t9-,11+,15+/m0/s1. The summed E-state index contributed by atoms with van der Waals surface area (Å²) >= 11 is 0. The molecule has 0 unspecified atom stereocenters. The van der Waals surface area contributed by atoms with Crippen LogP contribution in [0, 0.1) is 5.92 Å². The van der Waals surface area contributed by atoms with Crippen molar-refractivity contribution in [2.45, 2.75) is 38.7 Å². The first-order chi connectivity index (χ1) is 11.9. The number of aliphatic hydroxyl groups is 2. The van der Waals surface area contributed by atoms with E-state index in [9.17, 15) is 15.0 Å². The number of anilines is 1. The Balaban J connectivity index is 2.02. The minimum Gasteiger partial charge on any atom is -0.480 e. The lowest BCUT2D eigenvalue weighted by atomic mass is 10.2. The molecule has 0 bridgehead atoms. The zero-order valence-corrected chi connectivity index (χ0v) is 14.3. The quantitative estimate of drug-likeness (QED) is 0.725. The van der Waals surface area contributed by atoms with Crippen molar-refractivity contribution in [2.24, 2.45) is 5.92 Å². The number of hydrogen-bond acceptors (Lipinski definition) is 7. The molecule has 1 aliphatic heterocycles. The smallest absolute Gasteiger partial charge is 0.234 e. The van der Waals surface area contributed by atoms with Gasteiger partial charge >= 0.3 is 0 Å². The Morgan fingerprint density at radius 3 is 2.88 bits per heavy atom. The van der Waals surface area contributed by atoms with Gasteiger partial charge in [-0.15, -0.1) is 0 Å². The van der Waals surface area contributed by atoms with Gasteiger partial charge in [0.05, 0.1) is 25.2 Å². The average Bonchev–Trinajstić information content (AvgIpc) is 3.16. The minimum absolute atomic E-state index is 0.120. The van der Waals surface area contributed by atoms with Crippen molar-refractivity contribution in [2.75, 3.05) is 19.0 Å². The van der Waals surface area contributed by atoms with Gasteiger partial charge in [0.1, 0.15) is 6.10 Å². The van der Waals surface area contributed by atoms with E-state index in [0.29, 0.717) is 23.3 Å². The zero-order valence-electron chi connectivity index (χ0n) is 14.3. The van der Waals surface area contributed by atoms with E-state index >= 15 is 0 Å². The summed E-state index contributed by atoms with van der Waals surface area (Å²) in [5.74, 6) is 0.00239. The molecule has 9 nitrogen and oxygen atoms in total. The molecule has 3 rings (SSSR count). The Morgan fingerprint density at radius 2 is 2.28 bits per heavy atom. The Bertz CT molecular complexity index is 775. The summed E-state index contributed by atoms with van der Waals surface area (Å²) in [7, 11) is 1.48. The summed E-state index contributed by atoms with van der Waals surface area (Å²) in [6.07, 6.45) is 0.162. The lowest BCUT2D eigenvalue weighted by Crippen LogP contribution is -2.21. The highest BCUT2D eigenvalue weighted by Crippen LogP contribution is 2.33. The molecule has 0 spiro atoms. The first-order valence-corrected chi connectivity index (χ1v) is 8.12. The lowest BCUT2D eigenvalue weighted by molar-refractivity contribution is -0.118. The van der Waals surface area contributed by atoms with E-state index in [-0.39, 0.29) is 24.4 Å². The summed E-state index contributed by atoms with van der Waals surface area (Å²) < 4.78 is 12.6. The number of aliphatic hydroxyl groups excluding tert-OH is 2. The first-order valence-electron chi connectivity index (χ1n) is 8.12. The number of hydrogen-bond donors (Lipinski definition) is 3. The molecule has 0 radical (unpaired) electrons. The van der Waals surface area contributed by atoms with Gasteiger partial charge in [-0.05, 0) is 6.07 Å². The molecule has 3 N–H and O–H groups in total. The molecule has 0 aliphatic carbocycles. The SMILES string of the molecule is COc1nc(NC(=O)C(C)C)nc2c1ccn2[C@@H]1O[C@H](CO)C[C@H]1O. The molecule has 3 atom stereocenters. The number of methoxy groups -OCH3 is 1. The van der Waals surface area contributed by atoms with Crippen molar-refractivity contribution < 1.29 is 24.5 Å². The highest BCUT2D eigenvalue weighted by molar-refractivity contribution is 5.92. The van der Waals surface area contributed by atoms with Crippen molar-refractivity contribution in [3.8, 4) is 5.88 Å². The fourth-order valence-corrected chi connectivity index (χ4v) is 2.77. The second-order valence-corrected chi connectivity index (χ2v) is 6.30. The summed E-state index contributed by atoms with van der Waals surface area (Å²) in [5, 5.41) is 22.8. The second-order valence-electron chi connectivity index (χ2n) is 6.30. The van der Waals surface area contributed by atoms with E-state index in [2.05, 4.69) is 15.3 Å². The number of rotatable bonds is 5. The number of nitrogens with zero attached hydrogens (tertiary/aromatic N) is 3. The predicted octanol–water partition coefficient (Wildman–Crippen LogP) is 0.675. The van der Waals surface area contributed by atoms with Gasteiger partial charge in [0, 0.05) is 18.5 Å². The van der Waals surface area contributed by atoms with Gasteiger partial charge in [-0.2, -0.15) is 9.97 Å². The summed E-state index contributed by atoms with van der Waals surface area (Å²) in [4.78, 5) is 20.5. The lowest BCUT2D eigenvalue weighted by Gasteiger charge is -2.18. The first kappa shape index (κ1) is 17.6. The van der Waals surface area contributed by atoms with Crippen LogP contribution < -0.4 is 10.1 Å². The van der Waals surface area contributed by atoms with Gasteiger partial charge in [0.2, 0.25) is 17.7 Å². The maximum Gasteiger partial charge on any atom is 0.234 e. The molecule has 9 heteroatoms. The molecule has 1 fully saturated rings. The summed E-state index contributed by atoms with van der Waals surface area (Å²) in [5.41, 5.74) is 0.466. The third-order valence-electron chi connectivity index (χ3n) is 4.13. The van der Waals surface area contributed by atoms with Crippen LogP contribution in [0.4, 0.5) is 5.95 Å². The molecular formula is C16H22N4O5. The van der Waals surface area contributed by atoms with Crippen molar-refractivity contribution in [3.05, 3.63) is 12.3 Å². The van der Waals surface area contributed by atoms with Crippen molar-refractivity contribution in [1.29, 1.82) is 0 Å². The molecular weight excluding hydrogens is 328 g/mol. The molecule has 1 aliphatic rings. The monoisotopic (exact) mass is 350 g/mol. The maximum atomic E-state index is 11.9. The minimum atomic E-state index is -0.776.